The number of nitrogen functional groups attached to an aromatic ring is 1. The lowest BCUT2D eigenvalue weighted by Crippen LogP contribution is -2.43. The smallest absolute Gasteiger partial charge is 0.341 e. The summed E-state index contributed by atoms with van der Waals surface area (Å²) < 4.78 is 5.14. The molecule has 1 amide bonds. The predicted octanol–water partition coefficient (Wildman–Crippen LogP) is 1.36. The highest BCUT2D eigenvalue weighted by Crippen LogP contribution is 2.26. The van der Waals surface area contributed by atoms with Crippen LogP contribution >= 0.6 is 0 Å². The van der Waals surface area contributed by atoms with Crippen LogP contribution in [-0.2, 0) is 11.2 Å². The minimum atomic E-state index is -1.08. The highest BCUT2D eigenvalue weighted by Gasteiger charge is 2.29. The van der Waals surface area contributed by atoms with Gasteiger partial charge in [-0.1, -0.05) is 12.1 Å². The number of nitrogens with one attached hydrogen (secondary N) is 2. The van der Waals surface area contributed by atoms with Crippen molar-refractivity contribution in [3.8, 4) is 5.75 Å². The second-order valence-corrected chi connectivity index (χ2v) is 6.42. The van der Waals surface area contributed by atoms with Crippen molar-refractivity contribution >= 4 is 23.5 Å². The number of hydrogen-bond acceptors (Lipinski definition) is 5. The van der Waals surface area contributed by atoms with Crippen molar-refractivity contribution in [3.63, 3.8) is 0 Å². The number of carbonyl (C=O) groups excluding carboxylic acids is 2. The molecule has 0 aliphatic heterocycles. The first kappa shape index (κ1) is 19.1. The van der Waals surface area contributed by atoms with E-state index in [0.717, 1.165) is 5.56 Å². The molecule has 3 rings (SSSR count). The van der Waals surface area contributed by atoms with Gasteiger partial charge in [0.05, 0.1) is 6.04 Å². The molecular weight excluding hydrogens is 362 g/mol. The molecule has 28 heavy (non-hydrogen) atoms. The van der Waals surface area contributed by atoms with E-state index in [4.69, 9.17) is 21.0 Å². The van der Waals surface area contributed by atoms with E-state index >= 15 is 0 Å². The molecule has 1 aliphatic rings. The maximum Gasteiger partial charge on any atom is 0.341 e. The summed E-state index contributed by atoms with van der Waals surface area (Å²) >= 11 is 0. The van der Waals surface area contributed by atoms with Crippen LogP contribution in [0.15, 0.2) is 42.5 Å². The SMILES string of the molecule is N=C(N)c1ccc(C(=O)NC2CCc3cc(OCC(=O)O)ccc3C2=O)cc1. The second kappa shape index (κ2) is 7.91. The summed E-state index contributed by atoms with van der Waals surface area (Å²) in [5.41, 5.74) is 7.55. The Morgan fingerprint density at radius 1 is 1.18 bits per heavy atom. The van der Waals surface area contributed by atoms with Gasteiger partial charge in [0.25, 0.3) is 5.91 Å². The van der Waals surface area contributed by atoms with Crippen LogP contribution in [0.5, 0.6) is 5.75 Å². The molecule has 0 saturated carbocycles. The normalized spacial score (nSPS) is 15.4. The first-order chi connectivity index (χ1) is 13.3. The van der Waals surface area contributed by atoms with Crippen LogP contribution in [0.1, 0.15) is 38.3 Å². The van der Waals surface area contributed by atoms with Crippen molar-refractivity contribution in [1.29, 1.82) is 5.41 Å². The zero-order valence-electron chi connectivity index (χ0n) is 14.9. The fraction of sp³-hybridized carbons (Fsp3) is 0.200. The van der Waals surface area contributed by atoms with Gasteiger partial charge in [-0.3, -0.25) is 15.0 Å². The van der Waals surface area contributed by atoms with Crippen LogP contribution < -0.4 is 15.8 Å². The Hall–Kier alpha value is -3.68. The van der Waals surface area contributed by atoms with Crippen LogP contribution in [0.25, 0.3) is 0 Å². The van der Waals surface area contributed by atoms with E-state index in [1.807, 2.05) is 0 Å². The molecule has 0 saturated heterocycles. The molecule has 0 fully saturated rings. The van der Waals surface area contributed by atoms with Crippen molar-refractivity contribution in [2.75, 3.05) is 6.61 Å². The molecule has 2 aromatic rings. The number of carboxylic acid groups (broad SMARTS) is 1. The van der Waals surface area contributed by atoms with Crippen LogP contribution in [0.2, 0.25) is 0 Å². The van der Waals surface area contributed by atoms with E-state index in [1.165, 1.54) is 0 Å². The van der Waals surface area contributed by atoms with E-state index in [0.29, 0.717) is 35.3 Å². The standard InChI is InChI=1S/C20H19N3O5/c21-19(22)11-1-3-12(4-2-11)20(27)23-16-8-5-13-9-14(28-10-17(24)25)6-7-15(13)18(16)26/h1-4,6-7,9,16H,5,8,10H2,(H3,21,22)(H,23,27)(H,24,25). The Bertz CT molecular complexity index is 953. The summed E-state index contributed by atoms with van der Waals surface area (Å²) in [5.74, 6) is -1.34. The predicted molar refractivity (Wildman–Crippen MR) is 101 cm³/mol. The van der Waals surface area contributed by atoms with E-state index in [1.54, 1.807) is 42.5 Å². The van der Waals surface area contributed by atoms with Crippen molar-refractivity contribution in [2.24, 2.45) is 5.73 Å². The number of fused-ring (bicyclic) bond motifs is 1. The van der Waals surface area contributed by atoms with E-state index in [9.17, 15) is 14.4 Å². The Kier molecular flexibility index (Phi) is 5.39. The maximum absolute atomic E-state index is 12.7. The zero-order valence-corrected chi connectivity index (χ0v) is 14.9. The van der Waals surface area contributed by atoms with Crippen molar-refractivity contribution < 1.29 is 24.2 Å². The summed E-state index contributed by atoms with van der Waals surface area (Å²) in [4.78, 5) is 35.7. The third kappa shape index (κ3) is 4.17. The molecule has 5 N–H and O–H groups in total. The number of nitrogens with two attached hydrogens (primary N) is 1. The van der Waals surface area contributed by atoms with Gasteiger partial charge in [-0.05, 0) is 48.7 Å². The number of aliphatic carboxylic acids is 1. The van der Waals surface area contributed by atoms with E-state index < -0.39 is 18.6 Å². The summed E-state index contributed by atoms with van der Waals surface area (Å²) in [5, 5.41) is 18.8. The summed E-state index contributed by atoms with van der Waals surface area (Å²) in [6.07, 6.45) is 0.991. The number of amidine groups is 1. The first-order valence-corrected chi connectivity index (χ1v) is 8.62. The first-order valence-electron chi connectivity index (χ1n) is 8.62. The number of amides is 1. The Morgan fingerprint density at radius 2 is 1.86 bits per heavy atom. The van der Waals surface area contributed by atoms with Crippen molar-refractivity contribution in [1.82, 2.24) is 5.32 Å². The van der Waals surface area contributed by atoms with E-state index in [2.05, 4.69) is 5.32 Å². The third-order valence-corrected chi connectivity index (χ3v) is 4.49. The van der Waals surface area contributed by atoms with Gasteiger partial charge >= 0.3 is 5.97 Å². The quantitative estimate of drug-likeness (QED) is 0.439. The molecule has 0 aromatic heterocycles. The van der Waals surface area contributed by atoms with Gasteiger partial charge in [0.1, 0.15) is 11.6 Å². The molecule has 0 spiro atoms. The zero-order chi connectivity index (χ0) is 20.3. The molecule has 8 heteroatoms. The monoisotopic (exact) mass is 381 g/mol. The molecule has 8 nitrogen and oxygen atoms in total. The Morgan fingerprint density at radius 3 is 2.50 bits per heavy atom. The minimum Gasteiger partial charge on any atom is -0.482 e. The van der Waals surface area contributed by atoms with Gasteiger partial charge in [-0.15, -0.1) is 0 Å². The fourth-order valence-electron chi connectivity index (χ4n) is 3.05. The largest absolute Gasteiger partial charge is 0.482 e. The lowest BCUT2D eigenvalue weighted by molar-refractivity contribution is -0.139. The molecule has 1 atom stereocenters. The molecule has 0 heterocycles. The molecule has 2 aromatic carbocycles. The number of ether oxygens (including phenoxy) is 1. The highest BCUT2D eigenvalue weighted by atomic mass is 16.5. The molecule has 0 radical (unpaired) electrons. The van der Waals surface area contributed by atoms with Gasteiger partial charge in [0, 0.05) is 16.7 Å². The minimum absolute atomic E-state index is 0.0854. The molecule has 1 aliphatic carbocycles. The topological polar surface area (TPSA) is 143 Å². The number of ketones is 1. The fourth-order valence-corrected chi connectivity index (χ4v) is 3.05. The van der Waals surface area contributed by atoms with Crippen LogP contribution in [0, 0.1) is 5.41 Å². The van der Waals surface area contributed by atoms with E-state index in [-0.39, 0.29) is 17.5 Å². The average Bonchev–Trinajstić information content (AvgIpc) is 2.68. The Labute approximate surface area is 160 Å². The number of hydrogen-bond donors (Lipinski definition) is 4. The number of carbonyl (C=O) groups is 3. The van der Waals surface area contributed by atoms with Crippen molar-refractivity contribution in [3.05, 3.63) is 64.7 Å². The van der Waals surface area contributed by atoms with Crippen LogP contribution in [-0.4, -0.2) is 41.3 Å². The lowest BCUT2D eigenvalue weighted by atomic mass is 9.87. The summed E-state index contributed by atoms with van der Waals surface area (Å²) in [7, 11) is 0. The molecule has 144 valence electrons. The van der Waals surface area contributed by atoms with Crippen LogP contribution in [0.4, 0.5) is 0 Å². The van der Waals surface area contributed by atoms with Gasteiger partial charge in [-0.2, -0.15) is 0 Å². The lowest BCUT2D eigenvalue weighted by Gasteiger charge is -2.24. The third-order valence-electron chi connectivity index (χ3n) is 4.49. The number of Topliss-reactive ketones (excluding diaryl/α,β-unsaturated/α-hetero) is 1. The average molecular weight is 381 g/mol. The van der Waals surface area contributed by atoms with Gasteiger partial charge in [0.2, 0.25) is 0 Å². The molecule has 0 bridgehead atoms. The molecule has 1 unspecified atom stereocenters. The highest BCUT2D eigenvalue weighted by molar-refractivity contribution is 6.06. The summed E-state index contributed by atoms with van der Waals surface area (Å²) in [6, 6.07) is 10.4. The number of rotatable bonds is 6. The maximum atomic E-state index is 12.7. The van der Waals surface area contributed by atoms with Crippen molar-refractivity contribution in [2.45, 2.75) is 18.9 Å². The van der Waals surface area contributed by atoms with Gasteiger partial charge in [0.15, 0.2) is 12.4 Å². The van der Waals surface area contributed by atoms with Gasteiger partial charge in [-0.25, -0.2) is 4.79 Å². The number of aryl methyl sites for hydroxylation is 1. The number of benzene rings is 2. The second-order valence-electron chi connectivity index (χ2n) is 6.42. The van der Waals surface area contributed by atoms with Gasteiger partial charge < -0.3 is 20.9 Å². The Balaban J connectivity index is 1.69. The van der Waals surface area contributed by atoms with Crippen LogP contribution in [0.3, 0.4) is 0 Å². The number of carboxylic acids is 1. The summed E-state index contributed by atoms with van der Waals surface area (Å²) in [6.45, 7) is -0.451. The molecular formula is C20H19N3O5.